The molecule has 3 heterocycles. The number of anilines is 2. The normalized spacial score (nSPS) is 14.8. The molecule has 16 heteroatoms. The molecule has 10 nitrogen and oxygen atoms in total. The predicted molar refractivity (Wildman–Crippen MR) is 103 cm³/mol. The summed E-state index contributed by atoms with van der Waals surface area (Å²) in [5, 5.41) is 10.0. The van der Waals surface area contributed by atoms with Crippen molar-refractivity contribution in [3.8, 4) is 0 Å². The van der Waals surface area contributed by atoms with Crippen molar-refractivity contribution in [2.75, 3.05) is 49.5 Å². The average molecular weight is 480 g/mol. The topological polar surface area (TPSA) is 119 Å². The number of carbonyl (C=O) groups is 1. The summed E-state index contributed by atoms with van der Waals surface area (Å²) in [6.07, 6.45) is -6.55. The summed E-state index contributed by atoms with van der Waals surface area (Å²) < 4.78 is 76.6. The molecule has 0 radical (unpaired) electrons. The van der Waals surface area contributed by atoms with Crippen LogP contribution in [0.5, 0.6) is 0 Å². The Balaban J connectivity index is 1.45. The summed E-state index contributed by atoms with van der Waals surface area (Å²) in [7, 11) is 0. The highest BCUT2D eigenvalue weighted by molar-refractivity contribution is 5.74. The molecule has 0 aliphatic carbocycles. The van der Waals surface area contributed by atoms with Crippen LogP contribution in [0.3, 0.4) is 0 Å². The van der Waals surface area contributed by atoms with Crippen LogP contribution in [0.15, 0.2) is 23.4 Å². The van der Waals surface area contributed by atoms with Gasteiger partial charge < -0.3 is 20.4 Å². The fourth-order valence-corrected chi connectivity index (χ4v) is 3.09. The first kappa shape index (κ1) is 24.1. The minimum Gasteiger partial charge on any atom is -0.381 e. The summed E-state index contributed by atoms with van der Waals surface area (Å²) >= 11 is 0. The highest BCUT2D eigenvalue weighted by Gasteiger charge is 2.37. The van der Waals surface area contributed by atoms with Crippen molar-refractivity contribution >= 4 is 17.4 Å². The largest absolute Gasteiger partial charge is 0.451 e. The molecule has 0 bridgehead atoms. The van der Waals surface area contributed by atoms with E-state index in [0.717, 1.165) is 18.6 Å². The molecular formula is C17H18F6N8O2. The molecule has 1 fully saturated rings. The number of hydrogen-bond donors (Lipinski definition) is 3. The number of rotatable bonds is 5. The maximum Gasteiger partial charge on any atom is 0.451 e. The monoisotopic (exact) mass is 480 g/mol. The zero-order valence-electron chi connectivity index (χ0n) is 16.8. The van der Waals surface area contributed by atoms with Crippen LogP contribution < -0.4 is 21.1 Å². The Labute approximate surface area is 182 Å². The van der Waals surface area contributed by atoms with Crippen LogP contribution in [0.4, 0.5) is 42.5 Å². The number of aromatic nitrogens is 4. The Morgan fingerprint density at radius 2 is 1.61 bits per heavy atom. The summed E-state index contributed by atoms with van der Waals surface area (Å²) in [5.74, 6) is -1.24. The third kappa shape index (κ3) is 6.01. The van der Waals surface area contributed by atoms with E-state index < -0.39 is 41.0 Å². The number of halogens is 6. The second-order valence-electron chi connectivity index (χ2n) is 6.88. The van der Waals surface area contributed by atoms with Gasteiger partial charge in [0, 0.05) is 39.3 Å². The van der Waals surface area contributed by atoms with E-state index in [4.69, 9.17) is 0 Å². The van der Waals surface area contributed by atoms with Gasteiger partial charge >= 0.3 is 18.4 Å². The van der Waals surface area contributed by atoms with Crippen molar-refractivity contribution in [2.45, 2.75) is 12.4 Å². The van der Waals surface area contributed by atoms with Gasteiger partial charge in [-0.2, -0.15) is 31.4 Å². The molecule has 0 saturated carbocycles. The van der Waals surface area contributed by atoms with E-state index >= 15 is 0 Å². The Hall–Kier alpha value is -3.59. The van der Waals surface area contributed by atoms with E-state index in [1.54, 1.807) is 10.00 Å². The van der Waals surface area contributed by atoms with Crippen molar-refractivity contribution in [2.24, 2.45) is 0 Å². The molecule has 180 valence electrons. The van der Waals surface area contributed by atoms with Crippen molar-refractivity contribution in [1.82, 2.24) is 30.4 Å². The molecule has 33 heavy (non-hydrogen) atoms. The van der Waals surface area contributed by atoms with Crippen molar-refractivity contribution in [3.05, 3.63) is 40.3 Å². The van der Waals surface area contributed by atoms with Gasteiger partial charge in [-0.15, -0.1) is 0 Å². The van der Waals surface area contributed by atoms with Crippen LogP contribution in [-0.2, 0) is 12.4 Å². The van der Waals surface area contributed by atoms with Gasteiger partial charge in [-0.1, -0.05) is 0 Å². The maximum atomic E-state index is 13.0. The second-order valence-corrected chi connectivity index (χ2v) is 6.88. The number of amides is 2. The van der Waals surface area contributed by atoms with Gasteiger partial charge in [0.15, 0.2) is 0 Å². The lowest BCUT2D eigenvalue weighted by Crippen LogP contribution is -2.52. The van der Waals surface area contributed by atoms with E-state index in [2.05, 4.69) is 25.7 Å². The number of carbonyl (C=O) groups excluding carboxylic acids is 1. The number of nitrogens with zero attached hydrogens (tertiary/aromatic N) is 5. The van der Waals surface area contributed by atoms with Gasteiger partial charge in [-0.25, -0.2) is 19.9 Å². The van der Waals surface area contributed by atoms with Gasteiger partial charge in [0.05, 0.1) is 30.0 Å². The molecular weight excluding hydrogens is 462 g/mol. The molecule has 0 aromatic carbocycles. The van der Waals surface area contributed by atoms with Gasteiger partial charge in [0.2, 0.25) is 5.82 Å². The zero-order chi connectivity index (χ0) is 24.2. The van der Waals surface area contributed by atoms with E-state index in [9.17, 15) is 35.9 Å². The van der Waals surface area contributed by atoms with Crippen LogP contribution >= 0.6 is 0 Å². The number of hydrogen-bond acceptors (Lipinski definition) is 7. The molecule has 0 spiro atoms. The van der Waals surface area contributed by atoms with Gasteiger partial charge in [-0.05, 0) is 0 Å². The van der Waals surface area contributed by atoms with Crippen LogP contribution in [0, 0.1) is 0 Å². The van der Waals surface area contributed by atoms with E-state index in [1.165, 1.54) is 4.90 Å². The van der Waals surface area contributed by atoms with Gasteiger partial charge in [0.25, 0.3) is 5.56 Å². The molecule has 0 unspecified atom stereocenters. The third-order valence-electron chi connectivity index (χ3n) is 4.68. The number of alkyl halides is 6. The number of H-pyrrole nitrogens is 1. The SMILES string of the molecule is O=C(NCCNc1cn[nH]c(=O)c1C(F)(F)F)N1CCN(c2cnc(C(F)(F)F)nc2)CC1. The van der Waals surface area contributed by atoms with Crippen LogP contribution in [0.2, 0.25) is 0 Å². The van der Waals surface area contributed by atoms with E-state index in [1.807, 2.05) is 0 Å². The first-order chi connectivity index (χ1) is 15.5. The van der Waals surface area contributed by atoms with Crippen LogP contribution in [0.25, 0.3) is 0 Å². The number of aromatic amines is 1. The predicted octanol–water partition coefficient (Wildman–Crippen LogP) is 1.54. The standard InChI is InChI=1S/C17H18F6N8O2/c18-16(19,20)12-11(9-28-29-13(12)32)24-1-2-25-15(33)31-5-3-30(4-6-31)10-7-26-14(27-8-10)17(21,22)23/h7-9H,1-6H2,(H,25,33)(H2,24,29,32). The molecule has 2 aromatic heterocycles. The first-order valence-electron chi connectivity index (χ1n) is 9.52. The average Bonchev–Trinajstić information content (AvgIpc) is 2.75. The molecule has 1 aliphatic rings. The highest BCUT2D eigenvalue weighted by Crippen LogP contribution is 2.31. The minimum absolute atomic E-state index is 0.0319. The molecule has 2 aromatic rings. The van der Waals surface area contributed by atoms with Crippen molar-refractivity contribution in [1.29, 1.82) is 0 Å². The molecule has 1 aliphatic heterocycles. The molecule has 1 saturated heterocycles. The third-order valence-corrected chi connectivity index (χ3v) is 4.68. The fraction of sp³-hybridized carbons (Fsp3) is 0.471. The maximum absolute atomic E-state index is 13.0. The van der Waals surface area contributed by atoms with Crippen LogP contribution in [-0.4, -0.2) is 70.4 Å². The number of urea groups is 1. The second kappa shape index (κ2) is 9.50. The van der Waals surface area contributed by atoms with Crippen molar-refractivity contribution < 1.29 is 31.1 Å². The molecule has 0 atom stereocenters. The molecule has 3 N–H and O–H groups in total. The van der Waals surface area contributed by atoms with Gasteiger partial charge in [0.1, 0.15) is 5.56 Å². The smallest absolute Gasteiger partial charge is 0.381 e. The van der Waals surface area contributed by atoms with Crippen molar-refractivity contribution in [3.63, 3.8) is 0 Å². The summed E-state index contributed by atoms with van der Waals surface area (Å²) in [4.78, 5) is 33.5. The Kier molecular flexibility index (Phi) is 6.92. The summed E-state index contributed by atoms with van der Waals surface area (Å²) in [6, 6.07) is -0.458. The Morgan fingerprint density at radius 1 is 0.970 bits per heavy atom. The molecule has 3 rings (SSSR count). The Morgan fingerprint density at radius 3 is 2.18 bits per heavy atom. The summed E-state index contributed by atoms with van der Waals surface area (Å²) in [6.45, 7) is 1.05. The zero-order valence-corrected chi connectivity index (χ0v) is 16.8. The highest BCUT2D eigenvalue weighted by atomic mass is 19.4. The lowest BCUT2D eigenvalue weighted by molar-refractivity contribution is -0.145. The lowest BCUT2D eigenvalue weighted by Gasteiger charge is -2.35. The van der Waals surface area contributed by atoms with Crippen LogP contribution in [0.1, 0.15) is 11.4 Å². The van der Waals surface area contributed by atoms with E-state index in [-0.39, 0.29) is 26.2 Å². The fourth-order valence-electron chi connectivity index (χ4n) is 3.09. The quantitative estimate of drug-likeness (QED) is 0.439. The lowest BCUT2D eigenvalue weighted by atomic mass is 10.2. The summed E-state index contributed by atoms with van der Waals surface area (Å²) in [5.41, 5.74) is -2.91. The number of piperazine rings is 1. The number of nitrogens with one attached hydrogen (secondary N) is 3. The minimum atomic E-state index is -4.88. The first-order valence-corrected chi connectivity index (χ1v) is 9.52. The van der Waals surface area contributed by atoms with E-state index in [0.29, 0.717) is 18.8 Å². The molecule has 2 amide bonds. The Bertz CT molecular complexity index is 1020. The van der Waals surface area contributed by atoms with Gasteiger partial charge in [-0.3, -0.25) is 4.79 Å².